The summed E-state index contributed by atoms with van der Waals surface area (Å²) >= 11 is 7.10. The van der Waals surface area contributed by atoms with Gasteiger partial charge in [0.2, 0.25) is 0 Å². The maximum absolute atomic E-state index is 12.9. The van der Waals surface area contributed by atoms with E-state index >= 15 is 0 Å². The first-order chi connectivity index (χ1) is 15.8. The lowest BCUT2D eigenvalue weighted by atomic mass is 10.0. The zero-order valence-electron chi connectivity index (χ0n) is 18.2. The van der Waals surface area contributed by atoms with Gasteiger partial charge in [-0.05, 0) is 35.7 Å². The van der Waals surface area contributed by atoms with E-state index < -0.39 is 21.9 Å². The van der Waals surface area contributed by atoms with Crippen LogP contribution in [0.4, 0.5) is 19.0 Å². The second-order valence-corrected chi connectivity index (χ2v) is 11.2. The minimum absolute atomic E-state index is 0.0225. The molecule has 0 amide bonds. The maximum atomic E-state index is 12.9. The van der Waals surface area contributed by atoms with Gasteiger partial charge >= 0.3 is 21.5 Å². The Morgan fingerprint density at radius 1 is 1.24 bits per heavy atom. The number of hydrogen-bond acceptors (Lipinski definition) is 8. The summed E-state index contributed by atoms with van der Waals surface area (Å²) in [5.74, 6) is 0.0580. The third-order valence-electron chi connectivity index (χ3n) is 5.53. The Bertz CT molecular complexity index is 1330. The first kappa shape index (κ1) is 24.7. The lowest BCUT2D eigenvalue weighted by Gasteiger charge is -2.20. The fourth-order valence-electron chi connectivity index (χ4n) is 3.65. The van der Waals surface area contributed by atoms with E-state index in [0.717, 1.165) is 34.7 Å². The highest BCUT2D eigenvalue weighted by Crippen LogP contribution is 2.38. The standard InChI is InChI=1S/C21H20ClF3N4O3S2/c1-10(2)19-28-29-20(33-19)32-34(30,31)14-5-4-12-6-17(11(3)15(12)8-14)27-18-16(22)7-13(9-26-18)21(23,24)25/h4-5,7-11,17H,6H2,1-3H3,(H,26,27). The summed E-state index contributed by atoms with van der Waals surface area (Å²) in [6, 6.07) is 5.28. The number of halogens is 4. The molecule has 13 heteroatoms. The van der Waals surface area contributed by atoms with Gasteiger partial charge in [0, 0.05) is 24.1 Å². The normalized spacial score (nSPS) is 18.2. The van der Waals surface area contributed by atoms with Crippen LogP contribution in [0.3, 0.4) is 0 Å². The molecule has 7 nitrogen and oxygen atoms in total. The largest absolute Gasteiger partial charge is 0.417 e. The van der Waals surface area contributed by atoms with Crippen LogP contribution in [0.1, 0.15) is 54.3 Å². The summed E-state index contributed by atoms with van der Waals surface area (Å²) in [4.78, 5) is 3.81. The highest BCUT2D eigenvalue weighted by Gasteiger charge is 2.34. The second kappa shape index (κ2) is 8.97. The molecule has 182 valence electrons. The molecule has 34 heavy (non-hydrogen) atoms. The van der Waals surface area contributed by atoms with Crippen LogP contribution in [-0.4, -0.2) is 29.6 Å². The molecule has 2 atom stereocenters. The highest BCUT2D eigenvalue weighted by molar-refractivity contribution is 7.87. The van der Waals surface area contributed by atoms with Gasteiger partial charge < -0.3 is 9.50 Å². The lowest BCUT2D eigenvalue weighted by molar-refractivity contribution is -0.137. The summed E-state index contributed by atoms with van der Waals surface area (Å²) in [5, 5.41) is 11.3. The van der Waals surface area contributed by atoms with Gasteiger partial charge in [-0.3, -0.25) is 0 Å². The molecule has 1 aromatic carbocycles. The first-order valence-corrected chi connectivity index (χ1v) is 12.9. The summed E-state index contributed by atoms with van der Waals surface area (Å²) in [6.07, 6.45) is -3.30. The molecular weight excluding hydrogens is 513 g/mol. The van der Waals surface area contributed by atoms with Crippen molar-refractivity contribution < 1.29 is 25.8 Å². The predicted molar refractivity (Wildman–Crippen MR) is 122 cm³/mol. The minimum atomic E-state index is -4.54. The number of alkyl halides is 3. The molecular formula is C21H20ClF3N4O3S2. The van der Waals surface area contributed by atoms with E-state index in [9.17, 15) is 21.6 Å². The Kier molecular flexibility index (Phi) is 6.51. The van der Waals surface area contributed by atoms with Crippen molar-refractivity contribution in [2.45, 2.75) is 56.1 Å². The third kappa shape index (κ3) is 4.98. The number of fused-ring (bicyclic) bond motifs is 1. The van der Waals surface area contributed by atoms with Gasteiger partial charge in [-0.15, -0.1) is 5.10 Å². The topological polar surface area (TPSA) is 94.1 Å². The van der Waals surface area contributed by atoms with Crippen LogP contribution in [0.25, 0.3) is 0 Å². The molecule has 0 saturated carbocycles. The van der Waals surface area contributed by atoms with E-state index in [1.807, 2.05) is 20.8 Å². The summed E-state index contributed by atoms with van der Waals surface area (Å²) < 4.78 is 69.4. The van der Waals surface area contributed by atoms with E-state index in [-0.39, 0.29) is 38.8 Å². The molecule has 4 rings (SSSR count). The fraction of sp³-hybridized carbons (Fsp3) is 0.381. The van der Waals surface area contributed by atoms with Gasteiger partial charge in [0.05, 0.1) is 10.6 Å². The van der Waals surface area contributed by atoms with E-state index in [0.29, 0.717) is 11.4 Å². The van der Waals surface area contributed by atoms with Crippen molar-refractivity contribution in [3.05, 3.63) is 57.2 Å². The average Bonchev–Trinajstić information content (AvgIpc) is 3.33. The minimum Gasteiger partial charge on any atom is -0.365 e. The van der Waals surface area contributed by atoms with Gasteiger partial charge in [-0.1, -0.05) is 54.9 Å². The predicted octanol–water partition coefficient (Wildman–Crippen LogP) is 5.64. The Balaban J connectivity index is 1.52. The van der Waals surface area contributed by atoms with Crippen molar-refractivity contribution in [2.75, 3.05) is 5.32 Å². The van der Waals surface area contributed by atoms with Gasteiger partial charge in [0.1, 0.15) is 15.7 Å². The molecule has 2 aromatic heterocycles. The molecule has 2 unspecified atom stereocenters. The van der Waals surface area contributed by atoms with E-state index in [2.05, 4.69) is 20.5 Å². The summed E-state index contributed by atoms with van der Waals surface area (Å²) in [7, 11) is -4.13. The van der Waals surface area contributed by atoms with Crippen molar-refractivity contribution in [3.8, 4) is 5.19 Å². The molecule has 0 spiro atoms. The average molecular weight is 533 g/mol. The first-order valence-electron chi connectivity index (χ1n) is 10.2. The molecule has 1 aliphatic rings. The van der Waals surface area contributed by atoms with Gasteiger partial charge in [0.15, 0.2) is 0 Å². The Morgan fingerprint density at radius 2 is 1.97 bits per heavy atom. The number of benzene rings is 1. The van der Waals surface area contributed by atoms with Gasteiger partial charge in [-0.25, -0.2) is 4.98 Å². The fourth-order valence-corrected chi connectivity index (χ4v) is 5.68. The van der Waals surface area contributed by atoms with E-state index in [1.165, 1.54) is 6.07 Å². The number of hydrogen-bond donors (Lipinski definition) is 1. The quantitative estimate of drug-likeness (QED) is 0.411. The molecule has 0 bridgehead atoms. The van der Waals surface area contributed by atoms with Crippen LogP contribution in [0.2, 0.25) is 5.02 Å². The van der Waals surface area contributed by atoms with Crippen molar-refractivity contribution >= 4 is 38.9 Å². The number of rotatable bonds is 6. The van der Waals surface area contributed by atoms with Crippen LogP contribution in [0.5, 0.6) is 5.19 Å². The lowest BCUT2D eigenvalue weighted by Crippen LogP contribution is -2.23. The van der Waals surface area contributed by atoms with Crippen molar-refractivity contribution in [3.63, 3.8) is 0 Å². The van der Waals surface area contributed by atoms with Crippen LogP contribution in [0, 0.1) is 0 Å². The molecule has 1 N–H and O–H groups in total. The monoisotopic (exact) mass is 532 g/mol. The van der Waals surface area contributed by atoms with E-state index in [1.54, 1.807) is 12.1 Å². The Labute approximate surface area is 203 Å². The molecule has 0 saturated heterocycles. The number of aromatic nitrogens is 3. The number of anilines is 1. The molecule has 0 aliphatic heterocycles. The molecule has 3 aromatic rings. The molecule has 2 heterocycles. The number of nitrogens with one attached hydrogen (secondary N) is 1. The molecule has 0 fully saturated rings. The van der Waals surface area contributed by atoms with Crippen LogP contribution < -0.4 is 9.50 Å². The van der Waals surface area contributed by atoms with Crippen LogP contribution in [0.15, 0.2) is 35.4 Å². The third-order valence-corrected chi connectivity index (χ3v) is 8.23. The summed E-state index contributed by atoms with van der Waals surface area (Å²) in [5.41, 5.74) is 0.756. The Morgan fingerprint density at radius 3 is 2.59 bits per heavy atom. The summed E-state index contributed by atoms with van der Waals surface area (Å²) in [6.45, 7) is 5.72. The highest BCUT2D eigenvalue weighted by atomic mass is 35.5. The number of nitrogens with zero attached hydrogens (tertiary/aromatic N) is 3. The zero-order valence-corrected chi connectivity index (χ0v) is 20.6. The maximum Gasteiger partial charge on any atom is 0.417 e. The molecule has 0 radical (unpaired) electrons. The van der Waals surface area contributed by atoms with Crippen molar-refractivity contribution in [2.24, 2.45) is 0 Å². The van der Waals surface area contributed by atoms with Crippen LogP contribution >= 0.6 is 22.9 Å². The second-order valence-electron chi connectivity index (χ2n) is 8.25. The smallest absolute Gasteiger partial charge is 0.365 e. The molecule has 1 aliphatic carbocycles. The zero-order chi connectivity index (χ0) is 24.8. The van der Waals surface area contributed by atoms with Crippen molar-refractivity contribution in [1.82, 2.24) is 15.2 Å². The van der Waals surface area contributed by atoms with Gasteiger partial charge in [0.25, 0.3) is 0 Å². The van der Waals surface area contributed by atoms with Crippen LogP contribution in [-0.2, 0) is 22.7 Å². The Hall–Kier alpha value is -2.44. The van der Waals surface area contributed by atoms with E-state index in [4.69, 9.17) is 15.8 Å². The SMILES string of the molecule is CC(C)c1nnc(OS(=O)(=O)c2ccc3c(c2)C(C)C(Nc2ncc(C(F)(F)F)cc2Cl)C3)s1. The van der Waals surface area contributed by atoms with Gasteiger partial charge in [-0.2, -0.15) is 21.6 Å². The number of pyridine rings is 1. The van der Waals surface area contributed by atoms with Crippen molar-refractivity contribution in [1.29, 1.82) is 0 Å².